The van der Waals surface area contributed by atoms with Gasteiger partial charge in [-0.05, 0) is 0 Å². The summed E-state index contributed by atoms with van der Waals surface area (Å²) in [6.45, 7) is 0.549. The molecule has 0 bridgehead atoms. The summed E-state index contributed by atoms with van der Waals surface area (Å²) in [5.74, 6) is 4.11. The minimum absolute atomic E-state index is 0.0671. The van der Waals surface area contributed by atoms with E-state index in [1.165, 1.54) is 47.0 Å². The summed E-state index contributed by atoms with van der Waals surface area (Å²) in [7, 11) is -0.804. The second kappa shape index (κ2) is 42.4. The number of rotatable bonds is 37. The number of carbonyl (C=O) groups excluding carboxylic acids is 2. The largest absolute Gasteiger partial charge is 0.454 e. The lowest BCUT2D eigenvalue weighted by Gasteiger charge is -2.05. The van der Waals surface area contributed by atoms with Crippen molar-refractivity contribution in [1.82, 2.24) is 0 Å². The van der Waals surface area contributed by atoms with Gasteiger partial charge in [-0.15, -0.1) is 141 Å². The van der Waals surface area contributed by atoms with E-state index in [1.54, 1.807) is 94.1 Å². The smallest absolute Gasteiger partial charge is 0.316 e. The van der Waals surface area contributed by atoms with Crippen molar-refractivity contribution in [2.75, 3.05) is 110 Å². The highest BCUT2D eigenvalue weighted by molar-refractivity contribution is 8.30. The number of thioether (sulfide) groups is 14. The topological polar surface area (TPSA) is 119 Å². The monoisotopic (exact) mass is 914 g/mol. The number of ether oxygens (including phenoxy) is 1. The van der Waals surface area contributed by atoms with Crippen LogP contribution < -0.4 is 0 Å². The van der Waals surface area contributed by atoms with Gasteiger partial charge in [0, 0.05) is 73.8 Å². The molecule has 0 aromatic carbocycles. The molecule has 45 heavy (non-hydrogen) atoms. The normalized spacial score (nSPS) is 12.0. The summed E-state index contributed by atoms with van der Waals surface area (Å²) in [6.07, 6.45) is 0. The molecule has 0 aliphatic carbocycles. The summed E-state index contributed by atoms with van der Waals surface area (Å²) < 4.78 is 17.3. The van der Waals surface area contributed by atoms with Gasteiger partial charge in [-0.1, -0.05) is 11.8 Å². The van der Waals surface area contributed by atoms with Crippen molar-refractivity contribution >= 4 is 187 Å². The van der Waals surface area contributed by atoms with Crippen LogP contribution in [0.3, 0.4) is 0 Å². The fraction of sp³-hybridized carbons (Fsp3) is 0.909. The predicted octanol–water partition coefficient (Wildman–Crippen LogP) is 7.41. The Balaban J connectivity index is 3.29. The molecule has 0 amide bonds. The van der Waals surface area contributed by atoms with Gasteiger partial charge in [0.25, 0.3) is 0 Å². The number of esters is 1. The predicted molar refractivity (Wildman–Crippen MR) is 229 cm³/mol. The molecule has 268 valence electrons. The number of aliphatic hydroxyl groups is 2. The molecule has 0 spiro atoms. The molecule has 8 nitrogen and oxygen atoms in total. The Morgan fingerprint density at radius 1 is 0.556 bits per heavy atom. The standard InChI is InChI=1S/C22H42O8S15/c23-7-35-13-33-5-21(25)28-9-37-16-40-12-32-3-4-45(27)20-43-18-41-17-42-19-44-22(26)6-34-14-39-11-31-2-1-29-30-10-38-15-36-8-24/h23-24H,1-20H2. The van der Waals surface area contributed by atoms with Crippen LogP contribution in [0.1, 0.15) is 0 Å². The van der Waals surface area contributed by atoms with Crippen LogP contribution >= 0.6 is 165 Å². The van der Waals surface area contributed by atoms with Crippen molar-refractivity contribution in [2.45, 2.75) is 0 Å². The molecule has 0 rings (SSSR count). The molecule has 0 saturated heterocycles. The maximum atomic E-state index is 12.2. The molecule has 0 saturated carbocycles. The molecular formula is C22H42O8S15. The van der Waals surface area contributed by atoms with E-state index in [2.05, 4.69) is 0 Å². The first-order chi connectivity index (χ1) is 22.1. The zero-order valence-electron chi connectivity index (χ0n) is 24.6. The molecule has 0 radical (unpaired) electrons. The first-order valence-electron chi connectivity index (χ1n) is 12.7. The van der Waals surface area contributed by atoms with Gasteiger partial charge in [0.2, 0.25) is 0 Å². The van der Waals surface area contributed by atoms with E-state index >= 15 is 0 Å². The van der Waals surface area contributed by atoms with E-state index < -0.39 is 10.8 Å². The Kier molecular flexibility index (Phi) is 46.2. The maximum Gasteiger partial charge on any atom is 0.316 e. The SMILES string of the molecule is O=C(CSCSCO)OCSCSCSCCS(=O)CSCSCSCSC(=O)CSCSCSCCOOCSCSCO. The van der Waals surface area contributed by atoms with E-state index in [-0.39, 0.29) is 23.0 Å². The molecule has 0 aliphatic rings. The van der Waals surface area contributed by atoms with Crippen LogP contribution in [0, 0.1) is 0 Å². The lowest BCUT2D eigenvalue weighted by atomic mass is 10.8. The third-order valence-electron chi connectivity index (χ3n) is 3.76. The van der Waals surface area contributed by atoms with Crippen molar-refractivity contribution in [2.24, 2.45) is 0 Å². The van der Waals surface area contributed by atoms with Crippen molar-refractivity contribution in [3.8, 4) is 0 Å². The Hall–Kier alpha value is 4.03. The van der Waals surface area contributed by atoms with Crippen LogP contribution in [0.5, 0.6) is 0 Å². The second-order valence-electron chi connectivity index (χ2n) is 7.14. The summed E-state index contributed by atoms with van der Waals surface area (Å²) in [4.78, 5) is 33.7. The highest BCUT2D eigenvalue weighted by Crippen LogP contribution is 2.24. The second-order valence-corrected chi connectivity index (χ2v) is 26.3. The van der Waals surface area contributed by atoms with E-state index in [1.807, 2.05) is 23.5 Å². The van der Waals surface area contributed by atoms with E-state index in [4.69, 9.17) is 24.7 Å². The van der Waals surface area contributed by atoms with Gasteiger partial charge in [0.15, 0.2) is 5.12 Å². The minimum Gasteiger partial charge on any atom is -0.454 e. The van der Waals surface area contributed by atoms with Crippen LogP contribution in [-0.4, -0.2) is 135 Å². The summed E-state index contributed by atoms with van der Waals surface area (Å²) in [5.41, 5.74) is 0. The van der Waals surface area contributed by atoms with Crippen LogP contribution in [0.25, 0.3) is 0 Å². The van der Waals surface area contributed by atoms with Gasteiger partial charge < -0.3 is 14.9 Å². The van der Waals surface area contributed by atoms with E-state index in [9.17, 15) is 13.8 Å². The molecule has 0 aromatic heterocycles. The van der Waals surface area contributed by atoms with Gasteiger partial charge in [-0.3, -0.25) is 13.8 Å². The molecule has 0 heterocycles. The Bertz CT molecular complexity index is 690. The van der Waals surface area contributed by atoms with Crippen molar-refractivity contribution in [3.63, 3.8) is 0 Å². The van der Waals surface area contributed by atoms with Gasteiger partial charge in [0.05, 0.1) is 35.1 Å². The highest BCUT2D eigenvalue weighted by Gasteiger charge is 2.05. The zero-order chi connectivity index (χ0) is 32.9. The molecule has 23 heteroatoms. The number of hydrogen-bond acceptors (Lipinski definition) is 22. The van der Waals surface area contributed by atoms with Crippen LogP contribution in [0.2, 0.25) is 0 Å². The van der Waals surface area contributed by atoms with Crippen LogP contribution in [-0.2, 0) is 34.9 Å². The molecule has 0 fully saturated rings. The van der Waals surface area contributed by atoms with E-state index in [0.29, 0.717) is 45.9 Å². The maximum absolute atomic E-state index is 12.2. The average Bonchev–Trinajstić information content (AvgIpc) is 3.03. The van der Waals surface area contributed by atoms with Gasteiger partial charge in [-0.25, -0.2) is 9.78 Å². The Morgan fingerprint density at radius 3 is 1.87 bits per heavy atom. The van der Waals surface area contributed by atoms with Gasteiger partial charge in [-0.2, -0.15) is 11.8 Å². The number of carbonyl (C=O) groups is 2. The lowest BCUT2D eigenvalue weighted by molar-refractivity contribution is -0.274. The minimum atomic E-state index is -0.804. The first kappa shape index (κ1) is 49.0. The van der Waals surface area contributed by atoms with Gasteiger partial charge in [0.1, 0.15) is 11.9 Å². The van der Waals surface area contributed by atoms with Crippen molar-refractivity contribution in [1.29, 1.82) is 0 Å². The third kappa shape index (κ3) is 42.3. The average molecular weight is 916 g/mol. The van der Waals surface area contributed by atoms with Crippen molar-refractivity contribution in [3.05, 3.63) is 0 Å². The third-order valence-corrected chi connectivity index (χ3v) is 21.6. The van der Waals surface area contributed by atoms with Gasteiger partial charge >= 0.3 is 5.97 Å². The summed E-state index contributed by atoms with van der Waals surface area (Å²) in [5, 5.41) is 26.0. The fourth-order valence-electron chi connectivity index (χ4n) is 1.97. The molecule has 2 N–H and O–H groups in total. The molecule has 1 atom stereocenters. The summed E-state index contributed by atoms with van der Waals surface area (Å²) >= 11 is 22.9. The number of hydrogen-bond donors (Lipinski definition) is 2. The van der Waals surface area contributed by atoms with E-state index in [0.717, 1.165) is 52.2 Å². The van der Waals surface area contributed by atoms with Crippen LogP contribution in [0.4, 0.5) is 0 Å². The summed E-state index contributed by atoms with van der Waals surface area (Å²) in [6, 6.07) is 0. The molecule has 1 unspecified atom stereocenters. The lowest BCUT2D eigenvalue weighted by Crippen LogP contribution is -2.07. The number of aliphatic hydroxyl groups excluding tert-OH is 2. The highest BCUT2D eigenvalue weighted by atomic mass is 32.3. The van der Waals surface area contributed by atoms with Crippen LogP contribution in [0.15, 0.2) is 0 Å². The zero-order valence-corrected chi connectivity index (χ0v) is 36.9. The molecule has 0 aliphatic heterocycles. The Labute approximate surface area is 331 Å². The fourth-order valence-corrected chi connectivity index (χ4v) is 17.7. The molecule has 0 aromatic rings. The van der Waals surface area contributed by atoms with Crippen molar-refractivity contribution < 1.29 is 38.5 Å². The Morgan fingerprint density at radius 2 is 1.11 bits per heavy atom. The quantitative estimate of drug-likeness (QED) is 0.0212. The molecular weight excluding hydrogens is 873 g/mol. The first-order valence-corrected chi connectivity index (χ1v) is 30.2.